The van der Waals surface area contributed by atoms with Gasteiger partial charge in [0.15, 0.2) is 0 Å². The number of rotatable bonds is 5. The normalized spacial score (nSPS) is 11.9. The van der Waals surface area contributed by atoms with E-state index < -0.39 is 17.7 Å². The van der Waals surface area contributed by atoms with E-state index in [1.54, 1.807) is 37.7 Å². The lowest BCUT2D eigenvalue weighted by molar-refractivity contribution is -0.117. The van der Waals surface area contributed by atoms with Crippen LogP contribution in [0.1, 0.15) is 38.9 Å². The van der Waals surface area contributed by atoms with Crippen LogP contribution < -0.4 is 5.32 Å². The van der Waals surface area contributed by atoms with Crippen LogP contribution in [-0.2, 0) is 11.8 Å². The highest BCUT2D eigenvalue weighted by molar-refractivity contribution is 6.43. The van der Waals surface area contributed by atoms with Crippen LogP contribution in [0.3, 0.4) is 0 Å². The van der Waals surface area contributed by atoms with Gasteiger partial charge >= 0.3 is 0 Å². The Kier molecular flexibility index (Phi) is 5.42. The van der Waals surface area contributed by atoms with Gasteiger partial charge in [0.2, 0.25) is 0 Å². The zero-order valence-corrected chi connectivity index (χ0v) is 16.1. The van der Waals surface area contributed by atoms with Gasteiger partial charge in [0, 0.05) is 17.8 Å². The molecule has 0 aliphatic rings. The number of aromatic nitrogens is 2. The van der Waals surface area contributed by atoms with Crippen molar-refractivity contribution >= 4 is 23.3 Å². The number of aryl methyl sites for hydroxylation is 2. The lowest BCUT2D eigenvalue weighted by atomic mass is 9.98. The minimum Gasteiger partial charge on any atom is -0.338 e. The fourth-order valence-corrected chi connectivity index (χ4v) is 3.20. The van der Waals surface area contributed by atoms with E-state index in [4.69, 9.17) is 11.6 Å². The SMILES string of the molecule is Cc1nn(C)c(C)c1C(=O)C(=O)NC(c1ccccc1)c1ccc(Cl)cc1. The van der Waals surface area contributed by atoms with Gasteiger partial charge in [-0.05, 0) is 37.1 Å². The molecule has 1 aromatic heterocycles. The molecule has 0 aliphatic carbocycles. The van der Waals surface area contributed by atoms with Crippen molar-refractivity contribution in [2.45, 2.75) is 19.9 Å². The molecule has 27 heavy (non-hydrogen) atoms. The Balaban J connectivity index is 1.93. The summed E-state index contributed by atoms with van der Waals surface area (Å²) in [5.41, 5.74) is 3.26. The molecular weight excluding hydrogens is 362 g/mol. The Labute approximate surface area is 163 Å². The standard InChI is InChI=1S/C21H20ClN3O2/c1-13-18(14(2)25(3)24-13)20(26)21(27)23-19(15-7-5-4-6-8-15)16-9-11-17(22)12-10-16/h4-12,19H,1-3H3,(H,23,27). The van der Waals surface area contributed by atoms with Gasteiger partial charge < -0.3 is 5.32 Å². The summed E-state index contributed by atoms with van der Waals surface area (Å²) < 4.78 is 1.60. The fourth-order valence-electron chi connectivity index (χ4n) is 3.07. The first-order chi connectivity index (χ1) is 12.9. The van der Waals surface area contributed by atoms with Gasteiger partial charge in [-0.25, -0.2) is 0 Å². The molecule has 5 nitrogen and oxygen atoms in total. The molecule has 0 radical (unpaired) electrons. The minimum absolute atomic E-state index is 0.345. The number of carbonyl (C=O) groups excluding carboxylic acids is 2. The summed E-state index contributed by atoms with van der Waals surface area (Å²) in [6, 6.07) is 16.2. The van der Waals surface area contributed by atoms with Crippen molar-refractivity contribution in [3.8, 4) is 0 Å². The molecular formula is C21H20ClN3O2. The molecule has 1 N–H and O–H groups in total. The van der Waals surface area contributed by atoms with Gasteiger partial charge in [-0.15, -0.1) is 0 Å². The van der Waals surface area contributed by atoms with Crippen molar-refractivity contribution < 1.29 is 9.59 Å². The predicted molar refractivity (Wildman–Crippen MR) is 105 cm³/mol. The zero-order valence-electron chi connectivity index (χ0n) is 15.4. The van der Waals surface area contributed by atoms with Gasteiger partial charge in [-0.1, -0.05) is 54.1 Å². The fraction of sp³-hybridized carbons (Fsp3) is 0.190. The topological polar surface area (TPSA) is 64.0 Å². The maximum atomic E-state index is 12.8. The molecule has 1 unspecified atom stereocenters. The van der Waals surface area contributed by atoms with Crippen LogP contribution in [0.2, 0.25) is 5.02 Å². The molecule has 0 bridgehead atoms. The summed E-state index contributed by atoms with van der Waals surface area (Å²) in [5, 5.41) is 7.69. The highest BCUT2D eigenvalue weighted by Gasteiger charge is 2.26. The predicted octanol–water partition coefficient (Wildman–Crippen LogP) is 3.78. The summed E-state index contributed by atoms with van der Waals surface area (Å²) in [6.45, 7) is 3.50. The van der Waals surface area contributed by atoms with Gasteiger partial charge in [-0.3, -0.25) is 14.3 Å². The van der Waals surface area contributed by atoms with Gasteiger partial charge in [0.25, 0.3) is 11.7 Å². The highest BCUT2D eigenvalue weighted by Crippen LogP contribution is 2.24. The molecule has 0 aliphatic heterocycles. The van der Waals surface area contributed by atoms with Crippen LogP contribution in [0.5, 0.6) is 0 Å². The van der Waals surface area contributed by atoms with E-state index in [-0.39, 0.29) is 0 Å². The molecule has 1 atom stereocenters. The third-order valence-electron chi connectivity index (χ3n) is 4.55. The smallest absolute Gasteiger partial charge is 0.293 e. The second-order valence-electron chi connectivity index (χ2n) is 6.37. The van der Waals surface area contributed by atoms with E-state index in [0.29, 0.717) is 22.0 Å². The average molecular weight is 382 g/mol. The van der Waals surface area contributed by atoms with Crippen molar-refractivity contribution in [3.05, 3.63) is 87.7 Å². The van der Waals surface area contributed by atoms with E-state index in [0.717, 1.165) is 11.1 Å². The number of hydrogen-bond acceptors (Lipinski definition) is 3. The van der Waals surface area contributed by atoms with Crippen LogP contribution in [0.4, 0.5) is 0 Å². The number of halogens is 1. The molecule has 3 aromatic rings. The number of nitrogens with zero attached hydrogens (tertiary/aromatic N) is 2. The van der Waals surface area contributed by atoms with Gasteiger partial charge in [0.05, 0.1) is 17.3 Å². The van der Waals surface area contributed by atoms with E-state index in [9.17, 15) is 9.59 Å². The summed E-state index contributed by atoms with van der Waals surface area (Å²) in [4.78, 5) is 25.5. The van der Waals surface area contributed by atoms with Crippen LogP contribution >= 0.6 is 11.6 Å². The summed E-state index contributed by atoms with van der Waals surface area (Å²) in [5.74, 6) is -1.26. The minimum atomic E-state index is -0.669. The highest BCUT2D eigenvalue weighted by atomic mass is 35.5. The van der Waals surface area contributed by atoms with Crippen molar-refractivity contribution in [2.75, 3.05) is 0 Å². The third kappa shape index (κ3) is 3.93. The molecule has 3 rings (SSSR count). The second kappa shape index (κ2) is 7.76. The number of ketones is 1. The first-order valence-electron chi connectivity index (χ1n) is 8.54. The van der Waals surface area contributed by atoms with E-state index in [1.165, 1.54) is 0 Å². The second-order valence-corrected chi connectivity index (χ2v) is 6.80. The van der Waals surface area contributed by atoms with E-state index >= 15 is 0 Å². The molecule has 0 saturated heterocycles. The van der Waals surface area contributed by atoms with Crippen LogP contribution in [-0.4, -0.2) is 21.5 Å². The Morgan fingerprint density at radius 1 is 1.00 bits per heavy atom. The van der Waals surface area contributed by atoms with Crippen molar-refractivity contribution in [2.24, 2.45) is 7.05 Å². The third-order valence-corrected chi connectivity index (χ3v) is 4.81. The number of benzene rings is 2. The largest absolute Gasteiger partial charge is 0.338 e. The van der Waals surface area contributed by atoms with E-state index in [2.05, 4.69) is 10.4 Å². The maximum absolute atomic E-state index is 12.8. The van der Waals surface area contributed by atoms with Crippen molar-refractivity contribution in [3.63, 3.8) is 0 Å². The molecule has 6 heteroatoms. The molecule has 0 saturated carbocycles. The molecule has 138 valence electrons. The summed E-state index contributed by atoms with van der Waals surface area (Å²) in [6.07, 6.45) is 0. The first kappa shape index (κ1) is 18.9. The molecule has 1 amide bonds. The Bertz CT molecular complexity index is 979. The lowest BCUT2D eigenvalue weighted by Crippen LogP contribution is -2.35. The number of hydrogen-bond donors (Lipinski definition) is 1. The van der Waals surface area contributed by atoms with Gasteiger partial charge in [-0.2, -0.15) is 5.10 Å². The Morgan fingerprint density at radius 2 is 1.59 bits per heavy atom. The monoisotopic (exact) mass is 381 g/mol. The molecule has 2 aromatic carbocycles. The van der Waals surface area contributed by atoms with E-state index in [1.807, 2.05) is 42.5 Å². The summed E-state index contributed by atoms with van der Waals surface area (Å²) >= 11 is 5.99. The average Bonchev–Trinajstić information content (AvgIpc) is 2.92. The Hall–Kier alpha value is -2.92. The maximum Gasteiger partial charge on any atom is 0.293 e. The zero-order chi connectivity index (χ0) is 19.6. The number of Topliss-reactive ketones (excluding diaryl/α,β-unsaturated/α-hetero) is 1. The summed E-state index contributed by atoms with van der Waals surface area (Å²) in [7, 11) is 1.75. The Morgan fingerprint density at radius 3 is 2.15 bits per heavy atom. The van der Waals surface area contributed by atoms with Crippen LogP contribution in [0.15, 0.2) is 54.6 Å². The van der Waals surface area contributed by atoms with Gasteiger partial charge in [0.1, 0.15) is 0 Å². The first-order valence-corrected chi connectivity index (χ1v) is 8.92. The van der Waals surface area contributed by atoms with Crippen LogP contribution in [0, 0.1) is 13.8 Å². The molecule has 0 fully saturated rings. The number of amides is 1. The quantitative estimate of drug-likeness (QED) is 0.540. The number of nitrogens with one attached hydrogen (secondary N) is 1. The van der Waals surface area contributed by atoms with Crippen LogP contribution in [0.25, 0.3) is 0 Å². The lowest BCUT2D eigenvalue weighted by Gasteiger charge is -2.19. The van der Waals surface area contributed by atoms with Crippen molar-refractivity contribution in [1.82, 2.24) is 15.1 Å². The molecule has 1 heterocycles. The number of carbonyl (C=O) groups is 2. The molecule has 0 spiro atoms. The van der Waals surface area contributed by atoms with Crippen molar-refractivity contribution in [1.29, 1.82) is 0 Å².